The van der Waals surface area contributed by atoms with E-state index >= 15 is 0 Å². The van der Waals surface area contributed by atoms with Crippen molar-refractivity contribution in [1.82, 2.24) is 15.4 Å². The SMILES string of the molecule is CC1CCCC(C)N1NC1CCN(c2ccccn2)CC1. The second-order valence-electron chi connectivity index (χ2n) is 6.61. The minimum atomic E-state index is 0.618. The van der Waals surface area contributed by atoms with Crippen molar-refractivity contribution in [1.29, 1.82) is 0 Å². The van der Waals surface area contributed by atoms with Gasteiger partial charge in [0, 0.05) is 37.4 Å². The van der Waals surface area contributed by atoms with Crippen molar-refractivity contribution < 1.29 is 0 Å². The van der Waals surface area contributed by atoms with Gasteiger partial charge in [0.1, 0.15) is 5.82 Å². The van der Waals surface area contributed by atoms with Crippen LogP contribution in [-0.4, -0.2) is 41.2 Å². The monoisotopic (exact) mass is 288 g/mol. The molecule has 0 aromatic carbocycles. The van der Waals surface area contributed by atoms with E-state index in [9.17, 15) is 0 Å². The van der Waals surface area contributed by atoms with Gasteiger partial charge < -0.3 is 4.90 Å². The Morgan fingerprint density at radius 1 is 1.05 bits per heavy atom. The van der Waals surface area contributed by atoms with Crippen LogP contribution in [0.1, 0.15) is 46.0 Å². The first-order chi connectivity index (χ1) is 10.2. The number of piperidine rings is 2. The third kappa shape index (κ3) is 3.55. The fourth-order valence-corrected chi connectivity index (χ4v) is 3.67. The molecule has 4 nitrogen and oxygen atoms in total. The van der Waals surface area contributed by atoms with Crippen molar-refractivity contribution in [2.75, 3.05) is 18.0 Å². The van der Waals surface area contributed by atoms with Gasteiger partial charge in [0.05, 0.1) is 0 Å². The Morgan fingerprint density at radius 3 is 2.38 bits per heavy atom. The molecule has 2 saturated heterocycles. The third-order valence-electron chi connectivity index (χ3n) is 4.99. The molecule has 2 unspecified atom stereocenters. The molecule has 0 amide bonds. The van der Waals surface area contributed by atoms with Crippen LogP contribution >= 0.6 is 0 Å². The summed E-state index contributed by atoms with van der Waals surface area (Å²) >= 11 is 0. The summed E-state index contributed by atoms with van der Waals surface area (Å²) < 4.78 is 0. The van der Waals surface area contributed by atoms with Crippen molar-refractivity contribution in [3.8, 4) is 0 Å². The summed E-state index contributed by atoms with van der Waals surface area (Å²) in [6.07, 6.45) is 8.31. The number of nitrogens with one attached hydrogen (secondary N) is 1. The van der Waals surface area contributed by atoms with E-state index < -0.39 is 0 Å². The van der Waals surface area contributed by atoms with E-state index in [1.165, 1.54) is 32.1 Å². The van der Waals surface area contributed by atoms with Crippen LogP contribution in [-0.2, 0) is 0 Å². The minimum Gasteiger partial charge on any atom is -0.357 e. The van der Waals surface area contributed by atoms with Gasteiger partial charge in [-0.25, -0.2) is 9.99 Å². The number of rotatable bonds is 3. The van der Waals surface area contributed by atoms with Crippen LogP contribution < -0.4 is 10.3 Å². The molecule has 2 fully saturated rings. The normalized spacial score (nSPS) is 28.8. The van der Waals surface area contributed by atoms with Crippen molar-refractivity contribution in [3.05, 3.63) is 24.4 Å². The van der Waals surface area contributed by atoms with Gasteiger partial charge in [0.25, 0.3) is 0 Å². The Morgan fingerprint density at radius 2 is 1.76 bits per heavy atom. The van der Waals surface area contributed by atoms with Gasteiger partial charge in [-0.1, -0.05) is 12.5 Å². The second kappa shape index (κ2) is 6.75. The van der Waals surface area contributed by atoms with Crippen LogP contribution in [0.3, 0.4) is 0 Å². The van der Waals surface area contributed by atoms with E-state index in [2.05, 4.69) is 46.3 Å². The molecule has 2 aliphatic rings. The average Bonchev–Trinajstić information content (AvgIpc) is 2.53. The Bertz CT molecular complexity index is 418. The zero-order chi connectivity index (χ0) is 14.7. The molecule has 0 radical (unpaired) electrons. The maximum atomic E-state index is 4.46. The van der Waals surface area contributed by atoms with E-state index in [0.29, 0.717) is 18.1 Å². The highest BCUT2D eigenvalue weighted by atomic mass is 15.5. The second-order valence-corrected chi connectivity index (χ2v) is 6.61. The fourth-order valence-electron chi connectivity index (χ4n) is 3.67. The molecule has 116 valence electrons. The first kappa shape index (κ1) is 14.8. The van der Waals surface area contributed by atoms with E-state index in [-0.39, 0.29) is 0 Å². The highest BCUT2D eigenvalue weighted by molar-refractivity contribution is 5.38. The van der Waals surface area contributed by atoms with Gasteiger partial charge in [-0.2, -0.15) is 0 Å². The number of hydrogen-bond donors (Lipinski definition) is 1. The molecule has 1 aromatic rings. The fraction of sp³-hybridized carbons (Fsp3) is 0.706. The lowest BCUT2D eigenvalue weighted by Gasteiger charge is -2.43. The number of hydrazine groups is 1. The van der Waals surface area contributed by atoms with Gasteiger partial charge in [0.15, 0.2) is 0 Å². The molecular weight excluding hydrogens is 260 g/mol. The van der Waals surface area contributed by atoms with Crippen molar-refractivity contribution in [2.45, 2.75) is 64.1 Å². The predicted molar refractivity (Wildman–Crippen MR) is 87.2 cm³/mol. The van der Waals surface area contributed by atoms with Gasteiger partial charge in [-0.15, -0.1) is 0 Å². The van der Waals surface area contributed by atoms with Crippen molar-refractivity contribution >= 4 is 5.82 Å². The molecule has 3 heterocycles. The lowest BCUT2D eigenvalue weighted by molar-refractivity contribution is 0.0252. The molecule has 3 rings (SSSR count). The first-order valence-electron chi connectivity index (χ1n) is 8.44. The topological polar surface area (TPSA) is 31.4 Å². The Hall–Kier alpha value is -1.13. The maximum Gasteiger partial charge on any atom is 0.128 e. The highest BCUT2D eigenvalue weighted by Crippen LogP contribution is 2.23. The smallest absolute Gasteiger partial charge is 0.128 e. The third-order valence-corrected chi connectivity index (χ3v) is 4.99. The van der Waals surface area contributed by atoms with Crippen LogP contribution in [0.15, 0.2) is 24.4 Å². The molecule has 0 bridgehead atoms. The summed E-state index contributed by atoms with van der Waals surface area (Å²) in [5.74, 6) is 1.12. The number of nitrogens with zero attached hydrogens (tertiary/aromatic N) is 3. The highest BCUT2D eigenvalue weighted by Gasteiger charge is 2.28. The summed E-state index contributed by atoms with van der Waals surface area (Å²) in [4.78, 5) is 6.87. The molecule has 1 N–H and O–H groups in total. The zero-order valence-corrected chi connectivity index (χ0v) is 13.3. The number of pyridine rings is 1. The van der Waals surface area contributed by atoms with Crippen LogP contribution in [0.4, 0.5) is 5.82 Å². The molecule has 0 spiro atoms. The van der Waals surface area contributed by atoms with Crippen LogP contribution in [0.2, 0.25) is 0 Å². The van der Waals surface area contributed by atoms with Crippen LogP contribution in [0.25, 0.3) is 0 Å². The molecule has 2 aliphatic heterocycles. The quantitative estimate of drug-likeness (QED) is 0.927. The summed E-state index contributed by atoms with van der Waals surface area (Å²) in [5, 5.41) is 2.52. The Labute approximate surface area is 128 Å². The minimum absolute atomic E-state index is 0.618. The summed E-state index contributed by atoms with van der Waals surface area (Å²) in [6.45, 7) is 6.91. The lowest BCUT2D eigenvalue weighted by Crippen LogP contribution is -2.57. The van der Waals surface area contributed by atoms with Gasteiger partial charge in [-0.05, 0) is 51.7 Å². The van der Waals surface area contributed by atoms with E-state index in [0.717, 1.165) is 18.9 Å². The van der Waals surface area contributed by atoms with Gasteiger partial charge in [-0.3, -0.25) is 5.43 Å². The number of anilines is 1. The van der Waals surface area contributed by atoms with Crippen molar-refractivity contribution in [2.24, 2.45) is 0 Å². The molecule has 0 saturated carbocycles. The Balaban J connectivity index is 1.52. The zero-order valence-electron chi connectivity index (χ0n) is 13.3. The van der Waals surface area contributed by atoms with Crippen LogP contribution in [0.5, 0.6) is 0 Å². The molecule has 21 heavy (non-hydrogen) atoms. The standard InChI is InChI=1S/C17H28N4/c1-14-6-5-7-15(2)21(14)19-16-9-12-20(13-10-16)17-8-3-4-11-18-17/h3-4,8,11,14-16,19H,5-7,9-10,12-13H2,1-2H3. The van der Waals surface area contributed by atoms with E-state index in [4.69, 9.17) is 0 Å². The van der Waals surface area contributed by atoms with Gasteiger partial charge in [0.2, 0.25) is 0 Å². The molecule has 0 aliphatic carbocycles. The molecule has 2 atom stereocenters. The molecule has 1 aromatic heterocycles. The van der Waals surface area contributed by atoms with E-state index in [1.54, 1.807) is 0 Å². The predicted octanol–water partition coefficient (Wildman–Crippen LogP) is 2.82. The molecular formula is C17H28N4. The summed E-state index contributed by atoms with van der Waals surface area (Å²) in [6, 6.07) is 8.13. The number of aromatic nitrogens is 1. The lowest BCUT2D eigenvalue weighted by atomic mass is 9.99. The Kier molecular flexibility index (Phi) is 4.76. The summed E-state index contributed by atoms with van der Waals surface area (Å²) in [5.41, 5.74) is 3.82. The van der Waals surface area contributed by atoms with Crippen molar-refractivity contribution in [3.63, 3.8) is 0 Å². The van der Waals surface area contributed by atoms with Crippen LogP contribution in [0, 0.1) is 0 Å². The van der Waals surface area contributed by atoms with E-state index in [1.807, 2.05) is 12.3 Å². The summed E-state index contributed by atoms with van der Waals surface area (Å²) in [7, 11) is 0. The molecule has 4 heteroatoms. The first-order valence-corrected chi connectivity index (χ1v) is 8.44. The largest absolute Gasteiger partial charge is 0.357 e. The number of hydrogen-bond acceptors (Lipinski definition) is 4. The maximum absolute atomic E-state index is 4.46. The van der Waals surface area contributed by atoms with Gasteiger partial charge >= 0.3 is 0 Å². The average molecular weight is 288 g/mol.